The van der Waals surface area contributed by atoms with E-state index in [2.05, 4.69) is 0 Å². The summed E-state index contributed by atoms with van der Waals surface area (Å²) >= 11 is 0. The Hall–Kier alpha value is -3.60. The van der Waals surface area contributed by atoms with E-state index in [1.165, 1.54) is 6.07 Å². The van der Waals surface area contributed by atoms with Crippen LogP contribution >= 0.6 is 0 Å². The van der Waals surface area contributed by atoms with Crippen LogP contribution in [0.1, 0.15) is 58.5 Å². The maximum absolute atomic E-state index is 12.9. The molecule has 1 aliphatic heterocycles. The summed E-state index contributed by atoms with van der Waals surface area (Å²) in [7, 11) is 0. The van der Waals surface area contributed by atoms with Crippen LogP contribution in [0.5, 0.6) is 11.5 Å². The highest BCUT2D eigenvalue weighted by Crippen LogP contribution is 2.50. The summed E-state index contributed by atoms with van der Waals surface area (Å²) in [5.41, 5.74) is 1.68. The van der Waals surface area contributed by atoms with Gasteiger partial charge in [0.25, 0.3) is 0 Å². The van der Waals surface area contributed by atoms with Crippen LogP contribution in [-0.2, 0) is 5.79 Å². The number of carbonyl (C=O) groups is 2. The van der Waals surface area contributed by atoms with Crippen molar-refractivity contribution >= 4 is 11.8 Å². The quantitative estimate of drug-likeness (QED) is 0.502. The van der Waals surface area contributed by atoms with E-state index in [1.54, 1.807) is 6.07 Å². The van der Waals surface area contributed by atoms with Crippen LogP contribution in [0.3, 0.4) is 0 Å². The van der Waals surface area contributed by atoms with Gasteiger partial charge in [-0.2, -0.15) is 0 Å². The molecule has 5 nitrogen and oxygen atoms in total. The minimum absolute atomic E-state index is 0.0849. The van der Waals surface area contributed by atoms with Crippen LogP contribution in [0.15, 0.2) is 72.8 Å². The average molecular weight is 416 g/mol. The van der Waals surface area contributed by atoms with Crippen LogP contribution in [0.25, 0.3) is 0 Å². The van der Waals surface area contributed by atoms with E-state index < -0.39 is 11.8 Å². The maximum Gasteiger partial charge on any atom is 0.339 e. The van der Waals surface area contributed by atoms with Gasteiger partial charge in [0.05, 0.1) is 0 Å². The van der Waals surface area contributed by atoms with Crippen LogP contribution < -0.4 is 9.47 Å². The predicted molar refractivity (Wildman–Crippen MR) is 117 cm³/mol. The molecule has 0 aromatic heterocycles. The van der Waals surface area contributed by atoms with E-state index in [4.69, 9.17) is 9.47 Å². The van der Waals surface area contributed by atoms with Crippen molar-refractivity contribution in [3.63, 3.8) is 0 Å². The zero-order valence-corrected chi connectivity index (χ0v) is 17.5. The standard InChI is InChI=1S/C26H24O5/c1-3-10-17(2)23(27)18-15-21(25(28)29)24-22(16-18)30-26(31-24,19-11-6-4-7-12-19)20-13-8-5-9-14-20/h4-9,11-17H,3,10H2,1-2H3,(H,28,29). The monoisotopic (exact) mass is 416 g/mol. The number of carboxylic acid groups (broad SMARTS) is 1. The predicted octanol–water partition coefficient (Wildman–Crippen LogP) is 5.68. The molecule has 4 rings (SSSR count). The molecule has 1 heterocycles. The van der Waals surface area contributed by atoms with Crippen LogP contribution in [0, 0.1) is 5.92 Å². The fraction of sp³-hybridized carbons (Fsp3) is 0.231. The number of carboxylic acids is 1. The molecule has 0 amide bonds. The lowest BCUT2D eigenvalue weighted by atomic mass is 9.94. The highest BCUT2D eigenvalue weighted by molar-refractivity contribution is 6.02. The molecule has 0 fully saturated rings. The van der Waals surface area contributed by atoms with Gasteiger partial charge in [-0.05, 0) is 18.6 Å². The first-order valence-electron chi connectivity index (χ1n) is 10.4. The number of Topliss-reactive ketones (excluding diaryl/α,β-unsaturated/α-hetero) is 1. The number of aromatic carboxylic acids is 1. The Morgan fingerprint density at radius 3 is 2.03 bits per heavy atom. The molecule has 31 heavy (non-hydrogen) atoms. The Morgan fingerprint density at radius 1 is 0.935 bits per heavy atom. The SMILES string of the molecule is CCCC(C)C(=O)c1cc2c(c(C(=O)O)c1)OC(c1ccccc1)(c1ccccc1)O2. The van der Waals surface area contributed by atoms with Gasteiger partial charge in [-0.15, -0.1) is 0 Å². The van der Waals surface area contributed by atoms with E-state index in [9.17, 15) is 14.7 Å². The second-order valence-electron chi connectivity index (χ2n) is 7.76. The summed E-state index contributed by atoms with van der Waals surface area (Å²) in [5, 5.41) is 9.86. The zero-order valence-electron chi connectivity index (χ0n) is 17.5. The topological polar surface area (TPSA) is 72.8 Å². The van der Waals surface area contributed by atoms with Gasteiger partial charge < -0.3 is 14.6 Å². The third-order valence-electron chi connectivity index (χ3n) is 5.55. The van der Waals surface area contributed by atoms with Crippen molar-refractivity contribution in [2.45, 2.75) is 32.5 Å². The lowest BCUT2D eigenvalue weighted by Crippen LogP contribution is -2.36. The Kier molecular flexibility index (Phi) is 5.51. The third kappa shape index (κ3) is 3.67. The molecule has 1 aliphatic rings. The molecular weight excluding hydrogens is 392 g/mol. The van der Waals surface area contributed by atoms with Crippen LogP contribution in [0.2, 0.25) is 0 Å². The van der Waals surface area contributed by atoms with Crippen molar-refractivity contribution < 1.29 is 24.2 Å². The number of fused-ring (bicyclic) bond motifs is 1. The fourth-order valence-corrected chi connectivity index (χ4v) is 3.97. The Balaban J connectivity index is 1.86. The van der Waals surface area contributed by atoms with E-state index in [-0.39, 0.29) is 28.8 Å². The fourth-order valence-electron chi connectivity index (χ4n) is 3.97. The minimum Gasteiger partial charge on any atom is -0.478 e. The smallest absolute Gasteiger partial charge is 0.339 e. The zero-order chi connectivity index (χ0) is 22.0. The lowest BCUT2D eigenvalue weighted by molar-refractivity contribution is -0.0462. The lowest BCUT2D eigenvalue weighted by Gasteiger charge is -2.28. The first-order valence-corrected chi connectivity index (χ1v) is 10.4. The molecule has 0 saturated heterocycles. The van der Waals surface area contributed by atoms with Crippen molar-refractivity contribution in [3.8, 4) is 11.5 Å². The highest BCUT2D eigenvalue weighted by Gasteiger charge is 2.47. The van der Waals surface area contributed by atoms with E-state index in [1.807, 2.05) is 74.5 Å². The summed E-state index contributed by atoms with van der Waals surface area (Å²) in [5.74, 6) is -2.45. The molecule has 1 atom stereocenters. The van der Waals surface area contributed by atoms with E-state index in [0.29, 0.717) is 5.56 Å². The van der Waals surface area contributed by atoms with Gasteiger partial charge in [0, 0.05) is 22.6 Å². The summed E-state index contributed by atoms with van der Waals surface area (Å²) < 4.78 is 12.6. The van der Waals surface area contributed by atoms with Crippen molar-refractivity contribution in [1.29, 1.82) is 0 Å². The summed E-state index contributed by atoms with van der Waals surface area (Å²) in [6.45, 7) is 3.87. The molecule has 0 radical (unpaired) electrons. The molecule has 5 heteroatoms. The second kappa shape index (κ2) is 8.26. The minimum atomic E-state index is -1.34. The summed E-state index contributed by atoms with van der Waals surface area (Å²) in [4.78, 5) is 25.0. The molecule has 0 saturated carbocycles. The molecule has 0 bridgehead atoms. The Morgan fingerprint density at radius 2 is 1.52 bits per heavy atom. The molecule has 0 aliphatic carbocycles. The molecule has 0 spiro atoms. The van der Waals surface area contributed by atoms with Crippen molar-refractivity contribution in [2.75, 3.05) is 0 Å². The molecule has 1 unspecified atom stereocenters. The molecule has 3 aromatic rings. The highest BCUT2D eigenvalue weighted by atomic mass is 16.7. The van der Waals surface area contributed by atoms with Gasteiger partial charge in [-0.3, -0.25) is 4.79 Å². The van der Waals surface area contributed by atoms with Gasteiger partial charge in [0.15, 0.2) is 17.3 Å². The van der Waals surface area contributed by atoms with Gasteiger partial charge >= 0.3 is 11.8 Å². The van der Waals surface area contributed by atoms with Crippen molar-refractivity contribution in [2.24, 2.45) is 5.92 Å². The average Bonchev–Trinajstić information content (AvgIpc) is 3.20. The third-order valence-corrected chi connectivity index (χ3v) is 5.55. The summed E-state index contributed by atoms with van der Waals surface area (Å²) in [6, 6.07) is 21.7. The number of ether oxygens (including phenoxy) is 2. The maximum atomic E-state index is 12.9. The molecule has 3 aromatic carbocycles. The van der Waals surface area contributed by atoms with Gasteiger partial charge in [0.1, 0.15) is 5.56 Å². The van der Waals surface area contributed by atoms with Gasteiger partial charge in [0.2, 0.25) is 0 Å². The van der Waals surface area contributed by atoms with Gasteiger partial charge in [-0.1, -0.05) is 80.9 Å². The van der Waals surface area contributed by atoms with Crippen molar-refractivity contribution in [1.82, 2.24) is 0 Å². The first kappa shape index (κ1) is 20.7. The second-order valence-corrected chi connectivity index (χ2v) is 7.76. The Bertz CT molecular complexity index is 1070. The Labute approximate surface area is 181 Å². The molecular formula is C26H24O5. The number of rotatable bonds is 7. The summed E-state index contributed by atoms with van der Waals surface area (Å²) in [6.07, 6.45) is 1.60. The largest absolute Gasteiger partial charge is 0.478 e. The first-order chi connectivity index (χ1) is 15.0. The molecule has 1 N–H and O–H groups in total. The van der Waals surface area contributed by atoms with Crippen LogP contribution in [-0.4, -0.2) is 16.9 Å². The van der Waals surface area contributed by atoms with Crippen LogP contribution in [0.4, 0.5) is 0 Å². The normalized spacial score (nSPS) is 14.8. The van der Waals surface area contributed by atoms with Gasteiger partial charge in [-0.25, -0.2) is 4.79 Å². The van der Waals surface area contributed by atoms with Crippen molar-refractivity contribution in [3.05, 3.63) is 95.1 Å². The van der Waals surface area contributed by atoms with E-state index >= 15 is 0 Å². The number of ketones is 1. The number of benzene rings is 3. The number of hydrogen-bond acceptors (Lipinski definition) is 4. The molecule has 158 valence electrons. The number of carbonyl (C=O) groups excluding carboxylic acids is 1. The number of hydrogen-bond donors (Lipinski definition) is 1. The van der Waals surface area contributed by atoms with E-state index in [0.717, 1.165) is 24.0 Å².